The molecule has 0 spiro atoms. The van der Waals surface area contributed by atoms with Crippen LogP contribution in [0.15, 0.2) is 35.9 Å². The first-order chi connectivity index (χ1) is 13.3. The molecule has 0 bridgehead atoms. The van der Waals surface area contributed by atoms with Crippen LogP contribution in [0.5, 0.6) is 0 Å². The summed E-state index contributed by atoms with van der Waals surface area (Å²) in [6, 6.07) is 7.98. The van der Waals surface area contributed by atoms with Crippen LogP contribution in [-0.4, -0.2) is 27.9 Å². The second-order valence-electron chi connectivity index (χ2n) is 9.81. The topological polar surface area (TPSA) is 29.5 Å². The zero-order valence-corrected chi connectivity index (χ0v) is 23.1. The molecule has 0 radical (unpaired) electrons. The van der Waals surface area contributed by atoms with Crippen LogP contribution in [-0.2, 0) is 9.22 Å². The Morgan fingerprint density at radius 3 is 1.97 bits per heavy atom. The van der Waals surface area contributed by atoms with Crippen LogP contribution in [0.4, 0.5) is 5.69 Å². The smallest absolute Gasteiger partial charge is 0.254 e. The highest BCUT2D eigenvalue weighted by Gasteiger charge is 2.44. The number of hydrogen-bond acceptors (Lipinski definition) is 2. The van der Waals surface area contributed by atoms with Gasteiger partial charge < -0.3 is 9.33 Å². The number of amides is 1. The van der Waals surface area contributed by atoms with Crippen LogP contribution in [0.2, 0.25) is 16.6 Å². The van der Waals surface area contributed by atoms with Gasteiger partial charge in [-0.2, -0.15) is 0 Å². The molecule has 0 N–H and O–H groups in total. The number of hydrogen-bond donors (Lipinski definition) is 0. The number of benzene rings is 1. The third-order valence-electron chi connectivity index (χ3n) is 5.88. The number of para-hydroxylation sites is 1. The molecule has 0 aliphatic heterocycles. The van der Waals surface area contributed by atoms with Gasteiger partial charge in [-0.05, 0) is 56.8 Å². The summed E-state index contributed by atoms with van der Waals surface area (Å²) in [5.74, 6) is 0.0381. The molecule has 1 rings (SSSR count). The fraction of sp³-hybridized carbons (Fsp3) is 0.625. The summed E-state index contributed by atoms with van der Waals surface area (Å²) < 4.78 is 7.76. The molecule has 0 unspecified atom stereocenters. The summed E-state index contributed by atoms with van der Waals surface area (Å²) in [5.41, 5.74) is 3.06. The minimum atomic E-state index is -1.96. The number of nitrogens with zero attached hydrogens (tertiary/aromatic N) is 1. The monoisotopic (exact) mass is 529 g/mol. The van der Waals surface area contributed by atoms with Crippen molar-refractivity contribution in [2.45, 2.75) is 78.9 Å². The lowest BCUT2D eigenvalue weighted by Gasteiger charge is -2.42. The first-order valence-electron chi connectivity index (χ1n) is 10.6. The molecule has 0 aromatic heterocycles. The normalized spacial score (nSPS) is 13.5. The number of carbonyl (C=O) groups is 1. The highest BCUT2D eigenvalue weighted by Crippen LogP contribution is 2.42. The van der Waals surface area contributed by atoms with Gasteiger partial charge in [-0.1, -0.05) is 80.5 Å². The van der Waals surface area contributed by atoms with Crippen LogP contribution < -0.4 is 4.90 Å². The van der Waals surface area contributed by atoms with E-state index in [1.54, 1.807) is 4.90 Å². The first-order valence-corrected chi connectivity index (χ1v) is 13.9. The largest absolute Gasteiger partial charge is 0.412 e. The second-order valence-corrected chi connectivity index (χ2v) is 16.4. The summed E-state index contributed by atoms with van der Waals surface area (Å²) >= 11 is 2.28. The minimum Gasteiger partial charge on any atom is -0.412 e. The van der Waals surface area contributed by atoms with Crippen molar-refractivity contribution in [3.05, 3.63) is 39.5 Å². The van der Waals surface area contributed by atoms with Crippen molar-refractivity contribution in [3.63, 3.8) is 0 Å². The summed E-state index contributed by atoms with van der Waals surface area (Å²) in [5, 5.41) is 0. The van der Waals surface area contributed by atoms with Crippen molar-refractivity contribution in [2.75, 3.05) is 18.6 Å². The zero-order valence-electron chi connectivity index (χ0n) is 20.0. The van der Waals surface area contributed by atoms with Gasteiger partial charge in [-0.3, -0.25) is 4.79 Å². The minimum absolute atomic E-state index is 0.0381. The molecule has 0 saturated heterocycles. The lowest BCUT2D eigenvalue weighted by atomic mass is 9.85. The van der Waals surface area contributed by atoms with Gasteiger partial charge in [0.15, 0.2) is 0 Å². The number of halogens is 1. The molecule has 5 heteroatoms. The number of rotatable bonds is 8. The van der Waals surface area contributed by atoms with E-state index in [2.05, 4.69) is 84.9 Å². The molecule has 0 saturated carbocycles. The highest BCUT2D eigenvalue weighted by molar-refractivity contribution is 14.1. The fourth-order valence-corrected chi connectivity index (χ4v) is 10.6. The van der Waals surface area contributed by atoms with E-state index >= 15 is 0 Å². The van der Waals surface area contributed by atoms with E-state index in [1.165, 1.54) is 0 Å². The van der Waals surface area contributed by atoms with E-state index < -0.39 is 8.32 Å². The number of likely N-dealkylation sites (N-methyl/N-ethyl adjacent to an activating group) is 1. The maximum absolute atomic E-state index is 13.4. The van der Waals surface area contributed by atoms with Gasteiger partial charge in [0.1, 0.15) is 0 Å². The van der Waals surface area contributed by atoms with Crippen LogP contribution in [0.3, 0.4) is 0 Å². The van der Waals surface area contributed by atoms with Gasteiger partial charge in [0, 0.05) is 16.2 Å². The lowest BCUT2D eigenvalue weighted by molar-refractivity contribution is -0.115. The Hall–Kier alpha value is -0.663. The number of anilines is 1. The molecule has 164 valence electrons. The number of carbonyl (C=O) groups excluding carboxylic acids is 1. The van der Waals surface area contributed by atoms with Crippen molar-refractivity contribution in [1.82, 2.24) is 0 Å². The van der Waals surface area contributed by atoms with Crippen LogP contribution in [0, 0.1) is 8.99 Å². The molecule has 1 amide bonds. The predicted molar refractivity (Wildman–Crippen MR) is 137 cm³/mol. The van der Waals surface area contributed by atoms with E-state index in [0.717, 1.165) is 14.8 Å². The van der Waals surface area contributed by atoms with Crippen molar-refractivity contribution in [3.8, 4) is 0 Å². The maximum Gasteiger partial charge on any atom is 0.254 e. The van der Waals surface area contributed by atoms with E-state index in [-0.39, 0.29) is 11.3 Å². The molecule has 0 aliphatic carbocycles. The van der Waals surface area contributed by atoms with Gasteiger partial charge in [-0.25, -0.2) is 0 Å². The summed E-state index contributed by atoms with van der Waals surface area (Å²) in [6.45, 7) is 20.5. The van der Waals surface area contributed by atoms with Gasteiger partial charge >= 0.3 is 0 Å². The highest BCUT2D eigenvalue weighted by atomic mass is 127. The summed E-state index contributed by atoms with van der Waals surface area (Å²) in [6.07, 6.45) is 2.03. The molecule has 0 fully saturated rings. The van der Waals surface area contributed by atoms with Crippen molar-refractivity contribution >= 4 is 42.5 Å². The average molecular weight is 530 g/mol. The van der Waals surface area contributed by atoms with Crippen molar-refractivity contribution in [2.24, 2.45) is 5.41 Å². The Labute approximate surface area is 193 Å². The Balaban J connectivity index is 3.21. The lowest BCUT2D eigenvalue weighted by Crippen LogP contribution is -2.47. The van der Waals surface area contributed by atoms with E-state index in [1.807, 2.05) is 37.4 Å². The predicted octanol–water partition coefficient (Wildman–Crippen LogP) is 7.42. The third kappa shape index (κ3) is 6.17. The molecule has 1 aromatic carbocycles. The van der Waals surface area contributed by atoms with E-state index in [4.69, 9.17) is 4.43 Å². The third-order valence-corrected chi connectivity index (χ3v) is 12.9. The SMILES string of the molecule is CC(C)[Si](OC/C=C(/C(=O)N(C)c1ccccc1I)C(C)(C)C)(C(C)C)C(C)C. The van der Waals surface area contributed by atoms with Crippen LogP contribution >= 0.6 is 22.6 Å². The van der Waals surface area contributed by atoms with Gasteiger partial charge in [0.05, 0.1) is 12.3 Å². The Kier molecular flexibility index (Phi) is 9.62. The molecule has 3 nitrogen and oxygen atoms in total. The fourth-order valence-electron chi connectivity index (χ4n) is 4.50. The van der Waals surface area contributed by atoms with Crippen LogP contribution in [0.1, 0.15) is 62.3 Å². The Morgan fingerprint density at radius 1 is 1.07 bits per heavy atom. The molecule has 0 atom stereocenters. The molecule has 1 aromatic rings. The standard InChI is InChI=1S/C24H40INO2Si/c1-17(2)29(18(3)4,19(5)6)28-16-15-20(24(7,8)9)23(27)26(10)22-14-12-11-13-21(22)25/h11-15,17-19H,16H2,1-10H3/b20-15-. The Bertz CT molecular complexity index is 698. The molecular weight excluding hydrogens is 489 g/mol. The molecule has 0 aliphatic rings. The molecule has 29 heavy (non-hydrogen) atoms. The first kappa shape index (κ1) is 26.4. The van der Waals surface area contributed by atoms with E-state index in [9.17, 15) is 4.79 Å². The van der Waals surface area contributed by atoms with Gasteiger partial charge in [-0.15, -0.1) is 0 Å². The van der Waals surface area contributed by atoms with Crippen molar-refractivity contribution < 1.29 is 9.22 Å². The zero-order chi connectivity index (χ0) is 22.6. The van der Waals surface area contributed by atoms with Crippen molar-refractivity contribution in [1.29, 1.82) is 0 Å². The van der Waals surface area contributed by atoms with Gasteiger partial charge in [0.2, 0.25) is 8.32 Å². The van der Waals surface area contributed by atoms with Crippen LogP contribution in [0.25, 0.3) is 0 Å². The molecule has 0 heterocycles. The second kappa shape index (κ2) is 10.6. The summed E-state index contributed by atoms with van der Waals surface area (Å²) in [4.78, 5) is 15.2. The van der Waals surface area contributed by atoms with E-state index in [0.29, 0.717) is 23.2 Å². The maximum atomic E-state index is 13.4. The van der Waals surface area contributed by atoms with Gasteiger partial charge in [0.25, 0.3) is 5.91 Å². The molecular formula is C24H40INO2Si. The Morgan fingerprint density at radius 2 is 1.55 bits per heavy atom. The summed E-state index contributed by atoms with van der Waals surface area (Å²) in [7, 11) is -0.102. The average Bonchev–Trinajstić information content (AvgIpc) is 2.59. The quantitative estimate of drug-likeness (QED) is 0.199.